The fraction of sp³-hybridized carbons (Fsp3) is 0.400. The maximum atomic E-state index is 9.35. The maximum absolute atomic E-state index is 9.35. The Kier molecular flexibility index (Phi) is 3.47. The van der Waals surface area contributed by atoms with Crippen molar-refractivity contribution in [2.75, 3.05) is 0 Å². The standard InChI is InChI=1S/C10H14BrNO/c1-6-3-4-8(11)5-9(6)10(12)7(2)13/h3-5,7,10,13H,12H2,1-2H3/t7-,10+/m0/s1. The maximum Gasteiger partial charge on any atom is 0.0704 e. The Morgan fingerprint density at radius 3 is 2.62 bits per heavy atom. The lowest BCUT2D eigenvalue weighted by molar-refractivity contribution is 0.164. The van der Waals surface area contributed by atoms with Gasteiger partial charge >= 0.3 is 0 Å². The number of rotatable bonds is 2. The van der Waals surface area contributed by atoms with E-state index >= 15 is 0 Å². The van der Waals surface area contributed by atoms with Crippen LogP contribution in [0, 0.1) is 6.92 Å². The second-order valence-electron chi connectivity index (χ2n) is 3.27. The summed E-state index contributed by atoms with van der Waals surface area (Å²) in [4.78, 5) is 0. The van der Waals surface area contributed by atoms with Gasteiger partial charge in [-0.2, -0.15) is 0 Å². The Balaban J connectivity index is 3.05. The van der Waals surface area contributed by atoms with Crippen molar-refractivity contribution in [2.45, 2.75) is 26.0 Å². The molecule has 72 valence electrons. The van der Waals surface area contributed by atoms with Crippen LogP contribution in [0.4, 0.5) is 0 Å². The van der Waals surface area contributed by atoms with Crippen molar-refractivity contribution in [3.05, 3.63) is 33.8 Å². The molecule has 0 aromatic heterocycles. The third-order valence-electron chi connectivity index (χ3n) is 2.12. The lowest BCUT2D eigenvalue weighted by atomic mass is 9.99. The van der Waals surface area contributed by atoms with Gasteiger partial charge in [-0.25, -0.2) is 0 Å². The van der Waals surface area contributed by atoms with Gasteiger partial charge in [0.1, 0.15) is 0 Å². The molecule has 3 heteroatoms. The molecule has 0 bridgehead atoms. The molecule has 0 unspecified atom stereocenters. The topological polar surface area (TPSA) is 46.2 Å². The first-order chi connectivity index (χ1) is 6.02. The summed E-state index contributed by atoms with van der Waals surface area (Å²) >= 11 is 3.38. The number of aliphatic hydroxyl groups is 1. The Labute approximate surface area is 86.9 Å². The highest BCUT2D eigenvalue weighted by molar-refractivity contribution is 9.10. The third-order valence-corrected chi connectivity index (χ3v) is 2.61. The fourth-order valence-electron chi connectivity index (χ4n) is 1.23. The van der Waals surface area contributed by atoms with Crippen LogP contribution >= 0.6 is 15.9 Å². The largest absolute Gasteiger partial charge is 0.391 e. The molecule has 2 nitrogen and oxygen atoms in total. The van der Waals surface area contributed by atoms with E-state index in [2.05, 4.69) is 15.9 Å². The van der Waals surface area contributed by atoms with Gasteiger partial charge in [-0.15, -0.1) is 0 Å². The van der Waals surface area contributed by atoms with Gasteiger partial charge in [0, 0.05) is 4.47 Å². The first-order valence-electron chi connectivity index (χ1n) is 4.22. The Morgan fingerprint density at radius 1 is 1.46 bits per heavy atom. The van der Waals surface area contributed by atoms with E-state index in [1.165, 1.54) is 0 Å². The molecule has 1 rings (SSSR count). The van der Waals surface area contributed by atoms with Crippen molar-refractivity contribution in [3.8, 4) is 0 Å². The fourth-order valence-corrected chi connectivity index (χ4v) is 1.61. The van der Waals surface area contributed by atoms with Gasteiger partial charge in [0.25, 0.3) is 0 Å². The van der Waals surface area contributed by atoms with Crippen LogP contribution in [0.2, 0.25) is 0 Å². The molecule has 0 aliphatic heterocycles. The third kappa shape index (κ3) is 2.53. The van der Waals surface area contributed by atoms with E-state index in [1.807, 2.05) is 25.1 Å². The van der Waals surface area contributed by atoms with E-state index in [-0.39, 0.29) is 6.04 Å². The molecular weight excluding hydrogens is 230 g/mol. The molecule has 3 N–H and O–H groups in total. The Bertz CT molecular complexity index is 299. The molecule has 0 aliphatic carbocycles. The van der Waals surface area contributed by atoms with Crippen molar-refractivity contribution in [2.24, 2.45) is 5.73 Å². The zero-order valence-corrected chi connectivity index (χ0v) is 9.38. The van der Waals surface area contributed by atoms with Crippen LogP contribution in [-0.2, 0) is 0 Å². The van der Waals surface area contributed by atoms with Gasteiger partial charge in [0.15, 0.2) is 0 Å². The van der Waals surface area contributed by atoms with Gasteiger partial charge in [-0.1, -0.05) is 22.0 Å². The summed E-state index contributed by atoms with van der Waals surface area (Å²) in [5.41, 5.74) is 7.93. The summed E-state index contributed by atoms with van der Waals surface area (Å²) in [6, 6.07) is 5.60. The molecular formula is C10H14BrNO. The zero-order valence-electron chi connectivity index (χ0n) is 7.79. The highest BCUT2D eigenvalue weighted by Gasteiger charge is 2.14. The Hall–Kier alpha value is -0.380. The highest BCUT2D eigenvalue weighted by atomic mass is 79.9. The minimum atomic E-state index is -0.520. The van der Waals surface area contributed by atoms with Crippen molar-refractivity contribution in [1.29, 1.82) is 0 Å². The van der Waals surface area contributed by atoms with Crippen LogP contribution in [0.25, 0.3) is 0 Å². The monoisotopic (exact) mass is 243 g/mol. The molecule has 0 spiro atoms. The molecule has 1 aromatic rings. The van der Waals surface area contributed by atoms with Crippen molar-refractivity contribution in [3.63, 3.8) is 0 Å². The molecule has 0 aliphatic rings. The van der Waals surface area contributed by atoms with Gasteiger partial charge in [-0.05, 0) is 37.1 Å². The molecule has 0 fully saturated rings. The SMILES string of the molecule is Cc1ccc(Br)cc1[C@H](N)[C@H](C)O. The molecule has 0 amide bonds. The summed E-state index contributed by atoms with van der Waals surface area (Å²) in [6.45, 7) is 3.69. The minimum absolute atomic E-state index is 0.308. The first kappa shape index (κ1) is 10.7. The molecule has 1 aromatic carbocycles. The van der Waals surface area contributed by atoms with Crippen LogP contribution < -0.4 is 5.73 Å². The van der Waals surface area contributed by atoms with Crippen LogP contribution in [-0.4, -0.2) is 11.2 Å². The van der Waals surface area contributed by atoms with Crippen molar-refractivity contribution < 1.29 is 5.11 Å². The lowest BCUT2D eigenvalue weighted by Crippen LogP contribution is -2.23. The number of halogens is 1. The van der Waals surface area contributed by atoms with E-state index in [9.17, 15) is 5.11 Å². The summed E-state index contributed by atoms with van der Waals surface area (Å²) in [7, 11) is 0. The summed E-state index contributed by atoms with van der Waals surface area (Å²) in [5, 5.41) is 9.35. The molecule has 2 atom stereocenters. The number of aliphatic hydroxyl groups excluding tert-OH is 1. The van der Waals surface area contributed by atoms with Gasteiger partial charge in [-0.3, -0.25) is 0 Å². The zero-order chi connectivity index (χ0) is 10.0. The minimum Gasteiger partial charge on any atom is -0.391 e. The second-order valence-corrected chi connectivity index (χ2v) is 4.18. The molecule has 0 saturated carbocycles. The normalized spacial score (nSPS) is 15.5. The van der Waals surface area contributed by atoms with E-state index in [0.717, 1.165) is 15.6 Å². The number of aryl methyl sites for hydroxylation is 1. The molecule has 0 saturated heterocycles. The summed E-state index contributed by atoms with van der Waals surface area (Å²) in [5.74, 6) is 0. The smallest absolute Gasteiger partial charge is 0.0704 e. The quantitative estimate of drug-likeness (QED) is 0.837. The first-order valence-corrected chi connectivity index (χ1v) is 5.01. The number of benzene rings is 1. The number of hydrogen-bond acceptors (Lipinski definition) is 2. The van der Waals surface area contributed by atoms with Gasteiger partial charge in [0.2, 0.25) is 0 Å². The number of hydrogen-bond donors (Lipinski definition) is 2. The predicted octanol–water partition coefficient (Wildman–Crippen LogP) is 2.14. The van der Waals surface area contributed by atoms with Gasteiger partial charge in [0.05, 0.1) is 12.1 Å². The van der Waals surface area contributed by atoms with E-state index in [1.54, 1.807) is 6.92 Å². The van der Waals surface area contributed by atoms with Crippen LogP contribution in [0.3, 0.4) is 0 Å². The van der Waals surface area contributed by atoms with Crippen molar-refractivity contribution >= 4 is 15.9 Å². The van der Waals surface area contributed by atoms with Crippen LogP contribution in [0.5, 0.6) is 0 Å². The van der Waals surface area contributed by atoms with Crippen LogP contribution in [0.1, 0.15) is 24.1 Å². The molecule has 0 radical (unpaired) electrons. The highest BCUT2D eigenvalue weighted by Crippen LogP contribution is 2.22. The average molecular weight is 244 g/mol. The Morgan fingerprint density at radius 2 is 2.08 bits per heavy atom. The van der Waals surface area contributed by atoms with E-state index in [4.69, 9.17) is 5.73 Å². The van der Waals surface area contributed by atoms with Gasteiger partial charge < -0.3 is 10.8 Å². The summed E-state index contributed by atoms with van der Waals surface area (Å²) in [6.07, 6.45) is -0.520. The predicted molar refractivity (Wildman–Crippen MR) is 57.5 cm³/mol. The van der Waals surface area contributed by atoms with E-state index < -0.39 is 6.10 Å². The lowest BCUT2D eigenvalue weighted by Gasteiger charge is -2.17. The van der Waals surface area contributed by atoms with Crippen molar-refractivity contribution in [1.82, 2.24) is 0 Å². The summed E-state index contributed by atoms with van der Waals surface area (Å²) < 4.78 is 0.990. The molecule has 0 heterocycles. The molecule has 13 heavy (non-hydrogen) atoms. The average Bonchev–Trinajstić information content (AvgIpc) is 2.08. The van der Waals surface area contributed by atoms with Crippen LogP contribution in [0.15, 0.2) is 22.7 Å². The van der Waals surface area contributed by atoms with E-state index in [0.29, 0.717) is 0 Å². The second kappa shape index (κ2) is 4.22. The number of nitrogens with two attached hydrogens (primary N) is 1.